The maximum Gasteiger partial charge on any atom is 0.264 e. The van der Waals surface area contributed by atoms with Crippen molar-refractivity contribution in [2.24, 2.45) is 0 Å². The fourth-order valence-corrected chi connectivity index (χ4v) is 5.06. The van der Waals surface area contributed by atoms with Crippen molar-refractivity contribution in [1.29, 1.82) is 0 Å². The number of rotatable bonds is 7. The molecule has 1 amide bonds. The first kappa shape index (κ1) is 20.1. The van der Waals surface area contributed by atoms with Crippen LogP contribution in [0.25, 0.3) is 0 Å². The molecule has 0 saturated heterocycles. The number of nitrogens with zero attached hydrogens (tertiary/aromatic N) is 2. The van der Waals surface area contributed by atoms with Crippen LogP contribution in [0.2, 0.25) is 0 Å². The number of thiophene rings is 1. The summed E-state index contributed by atoms with van der Waals surface area (Å²) in [6, 6.07) is 19.3. The summed E-state index contributed by atoms with van der Waals surface area (Å²) < 4.78 is 27.8. The zero-order valence-corrected chi connectivity index (χ0v) is 17.4. The summed E-state index contributed by atoms with van der Waals surface area (Å²) in [6.07, 6.45) is 0. The summed E-state index contributed by atoms with van der Waals surface area (Å²) in [7, 11) is -2.19. The molecule has 2 aromatic carbocycles. The van der Waals surface area contributed by atoms with Crippen molar-refractivity contribution in [1.82, 2.24) is 4.90 Å². The Labute approximate surface area is 169 Å². The molecule has 146 valence electrons. The van der Waals surface area contributed by atoms with Crippen molar-refractivity contribution in [3.05, 3.63) is 82.6 Å². The highest BCUT2D eigenvalue weighted by Crippen LogP contribution is 2.24. The third kappa shape index (κ3) is 4.61. The molecule has 0 radical (unpaired) electrons. The van der Waals surface area contributed by atoms with Crippen LogP contribution >= 0.6 is 11.3 Å². The SMILES string of the molecule is Cc1cccc(S(=O)(=O)N(CC(=O)N(C)Cc2cccs2)c2ccccc2)c1. The smallest absolute Gasteiger partial charge is 0.264 e. The molecule has 0 spiro atoms. The lowest BCUT2D eigenvalue weighted by Gasteiger charge is -2.26. The first-order valence-electron chi connectivity index (χ1n) is 8.79. The molecule has 0 unspecified atom stereocenters. The van der Waals surface area contributed by atoms with E-state index in [9.17, 15) is 13.2 Å². The number of para-hydroxylation sites is 1. The van der Waals surface area contributed by atoms with Gasteiger partial charge in [-0.2, -0.15) is 0 Å². The molecule has 1 heterocycles. The number of amides is 1. The predicted molar refractivity (Wildman–Crippen MR) is 113 cm³/mol. The van der Waals surface area contributed by atoms with E-state index >= 15 is 0 Å². The number of carbonyl (C=O) groups is 1. The molecule has 28 heavy (non-hydrogen) atoms. The summed E-state index contributed by atoms with van der Waals surface area (Å²) in [6.45, 7) is 2.03. The molecule has 0 bridgehead atoms. The van der Waals surface area contributed by atoms with Crippen molar-refractivity contribution >= 4 is 33.0 Å². The molecule has 1 aromatic heterocycles. The third-order valence-corrected chi connectivity index (χ3v) is 6.93. The van der Waals surface area contributed by atoms with Gasteiger partial charge in [-0.05, 0) is 48.2 Å². The Morgan fingerprint density at radius 1 is 1.00 bits per heavy atom. The summed E-state index contributed by atoms with van der Waals surface area (Å²) >= 11 is 1.56. The molecule has 0 aliphatic rings. The van der Waals surface area contributed by atoms with Crippen LogP contribution in [0.4, 0.5) is 5.69 Å². The van der Waals surface area contributed by atoms with E-state index in [1.807, 2.05) is 36.6 Å². The molecule has 3 aromatic rings. The largest absolute Gasteiger partial charge is 0.339 e. The van der Waals surface area contributed by atoms with Gasteiger partial charge in [0.05, 0.1) is 17.1 Å². The minimum Gasteiger partial charge on any atom is -0.339 e. The zero-order valence-electron chi connectivity index (χ0n) is 15.8. The van der Waals surface area contributed by atoms with Gasteiger partial charge in [0, 0.05) is 11.9 Å². The van der Waals surface area contributed by atoms with Crippen molar-refractivity contribution in [3.8, 4) is 0 Å². The van der Waals surface area contributed by atoms with Crippen LogP contribution < -0.4 is 4.31 Å². The number of hydrogen-bond donors (Lipinski definition) is 0. The van der Waals surface area contributed by atoms with E-state index in [-0.39, 0.29) is 17.3 Å². The molecule has 0 N–H and O–H groups in total. The molecule has 0 aliphatic carbocycles. The van der Waals surface area contributed by atoms with Gasteiger partial charge in [-0.1, -0.05) is 36.4 Å². The van der Waals surface area contributed by atoms with Crippen molar-refractivity contribution in [2.75, 3.05) is 17.9 Å². The Morgan fingerprint density at radius 3 is 2.39 bits per heavy atom. The van der Waals surface area contributed by atoms with Crippen LogP contribution in [0.5, 0.6) is 0 Å². The number of aryl methyl sites for hydroxylation is 1. The van der Waals surface area contributed by atoms with Crippen LogP contribution in [0, 0.1) is 6.92 Å². The number of sulfonamides is 1. The second-order valence-electron chi connectivity index (χ2n) is 6.49. The molecule has 0 aliphatic heterocycles. The maximum absolute atomic E-state index is 13.3. The van der Waals surface area contributed by atoms with E-state index in [2.05, 4.69) is 0 Å². The number of carbonyl (C=O) groups excluding carboxylic acids is 1. The Bertz CT molecular complexity index is 1030. The minimum absolute atomic E-state index is 0.171. The van der Waals surface area contributed by atoms with Crippen molar-refractivity contribution in [3.63, 3.8) is 0 Å². The Kier molecular flexibility index (Phi) is 6.16. The Balaban J connectivity index is 1.90. The van der Waals surface area contributed by atoms with Gasteiger partial charge in [0.2, 0.25) is 5.91 Å². The second-order valence-corrected chi connectivity index (χ2v) is 9.39. The number of benzene rings is 2. The minimum atomic E-state index is -3.88. The van der Waals surface area contributed by atoms with Gasteiger partial charge in [-0.3, -0.25) is 9.10 Å². The van der Waals surface area contributed by atoms with Crippen LogP contribution in [-0.4, -0.2) is 32.8 Å². The van der Waals surface area contributed by atoms with Gasteiger partial charge in [0.15, 0.2) is 0 Å². The van der Waals surface area contributed by atoms with Gasteiger partial charge in [0.25, 0.3) is 10.0 Å². The van der Waals surface area contributed by atoms with Crippen LogP contribution in [0.1, 0.15) is 10.4 Å². The third-order valence-electron chi connectivity index (χ3n) is 4.30. The van der Waals surface area contributed by atoms with E-state index in [0.29, 0.717) is 12.2 Å². The van der Waals surface area contributed by atoms with Crippen molar-refractivity contribution < 1.29 is 13.2 Å². The van der Waals surface area contributed by atoms with Crippen LogP contribution in [-0.2, 0) is 21.4 Å². The Morgan fingerprint density at radius 2 is 1.75 bits per heavy atom. The second kappa shape index (κ2) is 8.58. The van der Waals surface area contributed by atoms with Gasteiger partial charge in [-0.25, -0.2) is 8.42 Å². The average molecular weight is 415 g/mol. The normalized spacial score (nSPS) is 11.2. The average Bonchev–Trinajstić information content (AvgIpc) is 3.19. The van der Waals surface area contributed by atoms with Gasteiger partial charge in [-0.15, -0.1) is 11.3 Å². The topological polar surface area (TPSA) is 57.7 Å². The molecule has 0 fully saturated rings. The fourth-order valence-electron chi connectivity index (χ4n) is 2.78. The first-order valence-corrected chi connectivity index (χ1v) is 11.1. The lowest BCUT2D eigenvalue weighted by Crippen LogP contribution is -2.41. The van der Waals surface area contributed by atoms with Gasteiger partial charge in [0.1, 0.15) is 6.54 Å². The highest BCUT2D eigenvalue weighted by Gasteiger charge is 2.28. The fraction of sp³-hybridized carbons (Fsp3) is 0.190. The molecular weight excluding hydrogens is 392 g/mol. The highest BCUT2D eigenvalue weighted by molar-refractivity contribution is 7.92. The van der Waals surface area contributed by atoms with Gasteiger partial charge >= 0.3 is 0 Å². The highest BCUT2D eigenvalue weighted by atomic mass is 32.2. The van der Waals surface area contributed by atoms with E-state index in [1.54, 1.807) is 65.7 Å². The Hall–Kier alpha value is -2.64. The molecule has 3 rings (SSSR count). The van der Waals surface area contributed by atoms with E-state index < -0.39 is 10.0 Å². The van der Waals surface area contributed by atoms with Gasteiger partial charge < -0.3 is 4.90 Å². The maximum atomic E-state index is 13.3. The molecule has 5 nitrogen and oxygen atoms in total. The lowest BCUT2D eigenvalue weighted by atomic mass is 10.2. The molecular formula is C21H22N2O3S2. The summed E-state index contributed by atoms with van der Waals surface area (Å²) in [5.41, 5.74) is 1.30. The summed E-state index contributed by atoms with van der Waals surface area (Å²) in [5, 5.41) is 1.95. The van der Waals surface area contributed by atoms with Crippen LogP contribution in [0.15, 0.2) is 77.0 Å². The standard InChI is InChI=1S/C21H22N2O3S2/c1-17-8-6-12-20(14-17)28(25,26)23(18-9-4-3-5-10-18)16-21(24)22(2)15-19-11-7-13-27-19/h3-14H,15-16H2,1-2H3. The summed E-state index contributed by atoms with van der Waals surface area (Å²) in [5.74, 6) is -0.270. The number of anilines is 1. The van der Waals surface area contributed by atoms with E-state index in [4.69, 9.17) is 0 Å². The molecule has 0 saturated carbocycles. The summed E-state index contributed by atoms with van der Waals surface area (Å²) in [4.78, 5) is 15.6. The van der Waals surface area contributed by atoms with E-state index in [0.717, 1.165) is 10.4 Å². The van der Waals surface area contributed by atoms with Crippen molar-refractivity contribution in [2.45, 2.75) is 18.4 Å². The lowest BCUT2D eigenvalue weighted by molar-refractivity contribution is -0.128. The monoisotopic (exact) mass is 414 g/mol. The van der Waals surface area contributed by atoms with Crippen LogP contribution in [0.3, 0.4) is 0 Å². The number of hydrogen-bond acceptors (Lipinski definition) is 4. The molecule has 7 heteroatoms. The molecule has 0 atom stereocenters. The quantitative estimate of drug-likeness (QED) is 0.589. The predicted octanol–water partition coefficient (Wildman–Crippen LogP) is 3.91. The van der Waals surface area contributed by atoms with E-state index in [1.165, 1.54) is 4.31 Å². The first-order chi connectivity index (χ1) is 13.4. The zero-order chi connectivity index (χ0) is 20.1. The number of likely N-dealkylation sites (N-methyl/N-ethyl adjacent to an activating group) is 1.